The molecule has 3 aromatic rings. The predicted octanol–water partition coefficient (Wildman–Crippen LogP) is 3.15. The molecule has 0 radical (unpaired) electrons. The third kappa shape index (κ3) is 3.82. The number of aryl methyl sites for hydroxylation is 2. The quantitative estimate of drug-likeness (QED) is 0.717. The van der Waals surface area contributed by atoms with Crippen LogP contribution in [0.25, 0.3) is 5.65 Å². The largest absolute Gasteiger partial charge is 0.450 e. The number of amides is 3. The van der Waals surface area contributed by atoms with Gasteiger partial charge < -0.3 is 10.1 Å². The lowest BCUT2D eigenvalue weighted by Crippen LogP contribution is -2.31. The van der Waals surface area contributed by atoms with E-state index in [1.807, 2.05) is 25.3 Å². The average Bonchev–Trinajstić information content (AvgIpc) is 3.18. The zero-order valence-corrected chi connectivity index (χ0v) is 15.8. The van der Waals surface area contributed by atoms with Crippen molar-refractivity contribution in [3.05, 3.63) is 52.3 Å². The minimum Gasteiger partial charge on any atom is -0.450 e. The minimum absolute atomic E-state index is 0.152. The summed E-state index contributed by atoms with van der Waals surface area (Å²) < 4.78 is 6.41. The van der Waals surface area contributed by atoms with E-state index in [0.29, 0.717) is 22.0 Å². The number of nitrogens with one attached hydrogen (secondary N) is 2. The molecule has 8 nitrogen and oxygen atoms in total. The van der Waals surface area contributed by atoms with Gasteiger partial charge in [0.25, 0.3) is 11.8 Å². The Morgan fingerprint density at radius 2 is 1.96 bits per heavy atom. The van der Waals surface area contributed by atoms with Crippen molar-refractivity contribution in [2.45, 2.75) is 20.8 Å². The summed E-state index contributed by atoms with van der Waals surface area (Å²) in [5, 5.41) is 6.85. The highest BCUT2D eigenvalue weighted by Crippen LogP contribution is 2.25. The fourth-order valence-corrected chi connectivity index (χ4v) is 3.40. The maximum Gasteiger partial charge on any atom is 0.414 e. The third-order valence-corrected chi connectivity index (χ3v) is 4.61. The van der Waals surface area contributed by atoms with Gasteiger partial charge in [-0.3, -0.25) is 19.3 Å². The van der Waals surface area contributed by atoms with Gasteiger partial charge in [-0.05, 0) is 43.8 Å². The molecule has 0 unspecified atom stereocenters. The Hall–Kier alpha value is -3.20. The fraction of sp³-hybridized carbons (Fsp3) is 0.222. The summed E-state index contributed by atoms with van der Waals surface area (Å²) in [7, 11) is 0. The topological polar surface area (TPSA) is 102 Å². The molecular weight excluding hydrogens is 368 g/mol. The second-order valence-electron chi connectivity index (χ2n) is 5.77. The summed E-state index contributed by atoms with van der Waals surface area (Å²) >= 11 is 1.18. The Balaban J connectivity index is 1.85. The Morgan fingerprint density at radius 3 is 2.70 bits per heavy atom. The van der Waals surface area contributed by atoms with Crippen LogP contribution in [0.4, 0.5) is 9.80 Å². The maximum absolute atomic E-state index is 12.8. The zero-order chi connectivity index (χ0) is 19.6. The van der Waals surface area contributed by atoms with Crippen LogP contribution < -0.4 is 10.6 Å². The average molecular weight is 386 g/mol. The van der Waals surface area contributed by atoms with E-state index in [0.717, 1.165) is 5.56 Å². The summed E-state index contributed by atoms with van der Waals surface area (Å²) in [6.45, 7) is 5.47. The van der Waals surface area contributed by atoms with Crippen molar-refractivity contribution >= 4 is 39.9 Å². The first-order valence-corrected chi connectivity index (χ1v) is 9.11. The highest BCUT2D eigenvalue weighted by molar-refractivity contribution is 7.14. The van der Waals surface area contributed by atoms with Gasteiger partial charge >= 0.3 is 6.09 Å². The Morgan fingerprint density at radius 1 is 1.19 bits per heavy atom. The first-order valence-electron chi connectivity index (χ1n) is 8.23. The van der Waals surface area contributed by atoms with Gasteiger partial charge in [-0.1, -0.05) is 6.07 Å². The lowest BCUT2D eigenvalue weighted by Gasteiger charge is -2.08. The van der Waals surface area contributed by atoms with Crippen molar-refractivity contribution in [3.63, 3.8) is 0 Å². The number of carbonyl (C=O) groups excluding carboxylic acids is 3. The molecule has 0 bridgehead atoms. The second-order valence-corrected chi connectivity index (χ2v) is 6.69. The van der Waals surface area contributed by atoms with Gasteiger partial charge in [-0.15, -0.1) is 11.3 Å². The van der Waals surface area contributed by atoms with E-state index < -0.39 is 17.9 Å². The molecule has 3 rings (SSSR count). The molecule has 2 N–H and O–H groups in total. The normalized spacial score (nSPS) is 10.6. The molecule has 27 heavy (non-hydrogen) atoms. The molecule has 3 aromatic heterocycles. The zero-order valence-electron chi connectivity index (χ0n) is 15.0. The van der Waals surface area contributed by atoms with Crippen LogP contribution in [0.3, 0.4) is 0 Å². The van der Waals surface area contributed by atoms with E-state index in [1.54, 1.807) is 23.6 Å². The molecule has 3 heterocycles. The number of alkyl carbamates (subject to hydrolysis) is 1. The molecule has 0 spiro atoms. The van der Waals surface area contributed by atoms with E-state index >= 15 is 0 Å². The standard InChI is InChI=1S/C18H18N4O4S/c1-4-26-18(25)21-15(23)12-7-8-27-17(12)20-16(24)14-11(3)19-13-6-5-10(2)9-22(13)14/h5-9H,4H2,1-3H3,(H,20,24)(H,21,23,25). The number of nitrogens with zero attached hydrogens (tertiary/aromatic N) is 2. The molecule has 0 aliphatic rings. The van der Waals surface area contributed by atoms with Crippen LogP contribution >= 0.6 is 11.3 Å². The number of ether oxygens (including phenoxy) is 1. The summed E-state index contributed by atoms with van der Waals surface area (Å²) in [6, 6.07) is 5.28. The van der Waals surface area contributed by atoms with Crippen LogP contribution in [0.15, 0.2) is 29.8 Å². The maximum atomic E-state index is 12.8. The molecule has 0 atom stereocenters. The van der Waals surface area contributed by atoms with Crippen molar-refractivity contribution in [1.29, 1.82) is 0 Å². The molecule has 0 aliphatic heterocycles. The number of imide groups is 1. The number of carbonyl (C=O) groups is 3. The van der Waals surface area contributed by atoms with Crippen molar-refractivity contribution in [1.82, 2.24) is 14.7 Å². The number of hydrogen-bond acceptors (Lipinski definition) is 6. The molecule has 0 saturated heterocycles. The summed E-state index contributed by atoms with van der Waals surface area (Å²) in [6.07, 6.45) is 0.992. The highest BCUT2D eigenvalue weighted by atomic mass is 32.1. The Labute approximate surface area is 159 Å². The van der Waals surface area contributed by atoms with Crippen LogP contribution in [0.2, 0.25) is 0 Å². The lowest BCUT2D eigenvalue weighted by molar-refractivity contribution is 0.0926. The smallest absolute Gasteiger partial charge is 0.414 e. The SMILES string of the molecule is CCOC(=O)NC(=O)c1ccsc1NC(=O)c1c(C)nc2ccc(C)cn12. The Bertz CT molecular complexity index is 1040. The highest BCUT2D eigenvalue weighted by Gasteiger charge is 2.21. The van der Waals surface area contributed by atoms with Gasteiger partial charge in [0.2, 0.25) is 0 Å². The molecule has 0 fully saturated rings. The number of fused-ring (bicyclic) bond motifs is 1. The van der Waals surface area contributed by atoms with E-state index in [4.69, 9.17) is 4.74 Å². The van der Waals surface area contributed by atoms with Crippen LogP contribution in [0.5, 0.6) is 0 Å². The van der Waals surface area contributed by atoms with E-state index in [1.165, 1.54) is 17.4 Å². The number of aromatic nitrogens is 2. The first kappa shape index (κ1) is 18.6. The van der Waals surface area contributed by atoms with Crippen LogP contribution in [-0.2, 0) is 4.74 Å². The number of anilines is 1. The van der Waals surface area contributed by atoms with Crippen molar-refractivity contribution in [3.8, 4) is 0 Å². The number of imidazole rings is 1. The van der Waals surface area contributed by atoms with Crippen LogP contribution in [0, 0.1) is 13.8 Å². The first-order chi connectivity index (χ1) is 12.9. The predicted molar refractivity (Wildman–Crippen MR) is 101 cm³/mol. The summed E-state index contributed by atoms with van der Waals surface area (Å²) in [4.78, 5) is 40.9. The number of pyridine rings is 1. The van der Waals surface area contributed by atoms with Crippen LogP contribution in [-0.4, -0.2) is 33.9 Å². The van der Waals surface area contributed by atoms with Gasteiger partial charge in [0, 0.05) is 6.20 Å². The van der Waals surface area contributed by atoms with E-state index in [9.17, 15) is 14.4 Å². The molecular formula is C18H18N4O4S. The molecule has 0 aromatic carbocycles. The van der Waals surface area contributed by atoms with Crippen molar-refractivity contribution in [2.24, 2.45) is 0 Å². The number of thiophene rings is 1. The third-order valence-electron chi connectivity index (χ3n) is 3.78. The minimum atomic E-state index is -0.834. The molecule has 3 amide bonds. The van der Waals surface area contributed by atoms with Gasteiger partial charge in [0.15, 0.2) is 0 Å². The van der Waals surface area contributed by atoms with E-state index in [-0.39, 0.29) is 12.2 Å². The summed E-state index contributed by atoms with van der Waals surface area (Å²) in [5.74, 6) is -1.03. The second kappa shape index (κ2) is 7.58. The van der Waals surface area contributed by atoms with Gasteiger partial charge in [-0.25, -0.2) is 9.78 Å². The van der Waals surface area contributed by atoms with Gasteiger partial charge in [0.05, 0.1) is 17.9 Å². The number of hydrogen-bond donors (Lipinski definition) is 2. The van der Waals surface area contributed by atoms with Crippen molar-refractivity contribution < 1.29 is 19.1 Å². The summed E-state index contributed by atoms with van der Waals surface area (Å²) in [5.41, 5.74) is 2.80. The lowest BCUT2D eigenvalue weighted by atomic mass is 10.2. The van der Waals surface area contributed by atoms with Gasteiger partial charge in [-0.2, -0.15) is 0 Å². The monoisotopic (exact) mass is 386 g/mol. The fourth-order valence-electron chi connectivity index (χ4n) is 2.62. The Kier molecular flexibility index (Phi) is 5.22. The molecule has 0 aliphatic carbocycles. The van der Waals surface area contributed by atoms with Crippen molar-refractivity contribution in [2.75, 3.05) is 11.9 Å². The molecule has 140 valence electrons. The van der Waals surface area contributed by atoms with Gasteiger partial charge in [0.1, 0.15) is 16.3 Å². The number of rotatable bonds is 4. The van der Waals surface area contributed by atoms with E-state index in [2.05, 4.69) is 15.6 Å². The van der Waals surface area contributed by atoms with Crippen LogP contribution in [0.1, 0.15) is 39.0 Å². The molecule has 0 saturated carbocycles. The molecule has 9 heteroatoms.